The van der Waals surface area contributed by atoms with Crippen molar-refractivity contribution >= 4 is 12.1 Å². The van der Waals surface area contributed by atoms with Crippen molar-refractivity contribution in [2.45, 2.75) is 75.4 Å². The summed E-state index contributed by atoms with van der Waals surface area (Å²) in [5, 5.41) is 11.9. The molecule has 9 heteroatoms. The number of rotatable bonds is 4. The molecule has 0 radical (unpaired) electrons. The highest BCUT2D eigenvalue weighted by Crippen LogP contribution is 2.36. The van der Waals surface area contributed by atoms with Crippen LogP contribution in [0.2, 0.25) is 0 Å². The van der Waals surface area contributed by atoms with Crippen molar-refractivity contribution in [1.82, 2.24) is 15.1 Å². The summed E-state index contributed by atoms with van der Waals surface area (Å²) in [5.74, 6) is -1.52. The fourth-order valence-corrected chi connectivity index (χ4v) is 5.70. The first-order valence-corrected chi connectivity index (χ1v) is 13.9. The van der Waals surface area contributed by atoms with E-state index in [-0.39, 0.29) is 12.6 Å². The second-order valence-electron chi connectivity index (χ2n) is 10.9. The Morgan fingerprint density at radius 2 is 1.64 bits per heavy atom. The Morgan fingerprint density at radius 3 is 2.28 bits per heavy atom. The van der Waals surface area contributed by atoms with Crippen LogP contribution in [0.1, 0.15) is 80.0 Å². The minimum atomic E-state index is -1.03. The van der Waals surface area contributed by atoms with Crippen LogP contribution >= 0.6 is 0 Å². The smallest absolute Gasteiger partial charge is 0.418 e. The van der Waals surface area contributed by atoms with Gasteiger partial charge in [-0.05, 0) is 73.4 Å². The van der Waals surface area contributed by atoms with Crippen LogP contribution in [0.15, 0.2) is 42.5 Å². The molecule has 2 aromatic rings. The lowest BCUT2D eigenvalue weighted by atomic mass is 9.81. The lowest BCUT2D eigenvalue weighted by molar-refractivity contribution is 0.155. The molecule has 2 aliphatic carbocycles. The summed E-state index contributed by atoms with van der Waals surface area (Å²) >= 11 is 0. The Bertz CT molecular complexity index is 1220. The van der Waals surface area contributed by atoms with E-state index in [1.807, 2.05) is 12.1 Å². The molecule has 2 aromatic carbocycles. The quantitative estimate of drug-likeness (QED) is 0.517. The third kappa shape index (κ3) is 6.56. The Kier molecular flexibility index (Phi) is 8.41. The number of likely N-dealkylation sites (tertiary alicyclic amines) is 1. The Morgan fingerprint density at radius 1 is 0.949 bits per heavy atom. The summed E-state index contributed by atoms with van der Waals surface area (Å²) in [6, 6.07) is 12.3. The van der Waals surface area contributed by atoms with E-state index >= 15 is 0 Å². The van der Waals surface area contributed by atoms with Gasteiger partial charge in [-0.2, -0.15) is 5.26 Å². The highest BCUT2D eigenvalue weighted by atomic mass is 19.2. The summed E-state index contributed by atoms with van der Waals surface area (Å²) in [4.78, 5) is 28.6. The van der Waals surface area contributed by atoms with Gasteiger partial charge < -0.3 is 10.1 Å². The molecule has 2 heterocycles. The average molecular weight is 537 g/mol. The van der Waals surface area contributed by atoms with Crippen molar-refractivity contribution < 1.29 is 23.1 Å². The second-order valence-corrected chi connectivity index (χ2v) is 10.9. The molecular weight excluding hydrogens is 502 g/mol. The number of benzene rings is 2. The third-order valence-electron chi connectivity index (χ3n) is 8.05. The monoisotopic (exact) mass is 536 g/mol. The van der Waals surface area contributed by atoms with Crippen LogP contribution in [-0.4, -0.2) is 53.7 Å². The predicted octanol–water partition coefficient (Wildman–Crippen LogP) is 6.01. The van der Waals surface area contributed by atoms with Gasteiger partial charge in [0, 0.05) is 25.2 Å². The summed E-state index contributed by atoms with van der Waals surface area (Å²) in [6.07, 6.45) is 8.79. The number of imide groups is 1. The number of hydrogen-bond acceptors (Lipinski definition) is 5. The number of carbonyl (C=O) groups excluding carboxylic acids is 2. The van der Waals surface area contributed by atoms with Crippen molar-refractivity contribution in [3.8, 4) is 6.07 Å². The van der Waals surface area contributed by atoms with Gasteiger partial charge in [0.1, 0.15) is 12.6 Å². The lowest BCUT2D eigenvalue weighted by Crippen LogP contribution is -2.47. The first kappa shape index (κ1) is 27.1. The normalized spacial score (nSPS) is 26.3. The molecule has 1 N–H and O–H groups in total. The first-order valence-electron chi connectivity index (χ1n) is 13.9. The summed E-state index contributed by atoms with van der Waals surface area (Å²) in [7, 11) is 0. The maximum absolute atomic E-state index is 13.7. The Balaban J connectivity index is 0.000000962. The van der Waals surface area contributed by atoms with E-state index in [0.717, 1.165) is 55.7 Å². The molecule has 2 aliphatic heterocycles. The summed E-state index contributed by atoms with van der Waals surface area (Å²) < 4.78 is 32.1. The molecule has 2 unspecified atom stereocenters. The largest absolute Gasteiger partial charge is 0.446 e. The number of amides is 3. The molecule has 4 fully saturated rings. The number of cyclic esters (lactones) is 1. The molecule has 2 saturated carbocycles. The molecule has 4 aliphatic rings. The topological polar surface area (TPSA) is 85.7 Å². The van der Waals surface area contributed by atoms with Crippen LogP contribution in [-0.2, 0) is 4.74 Å². The summed E-state index contributed by atoms with van der Waals surface area (Å²) in [5.41, 5.74) is 2.27. The van der Waals surface area contributed by atoms with Crippen LogP contribution in [0.4, 0.5) is 18.4 Å². The molecule has 206 valence electrons. The zero-order valence-electron chi connectivity index (χ0n) is 22.0. The van der Waals surface area contributed by atoms with Gasteiger partial charge in [-0.25, -0.2) is 23.3 Å². The lowest BCUT2D eigenvalue weighted by Gasteiger charge is -2.35. The fraction of sp³-hybridized carbons (Fsp3) is 0.500. The van der Waals surface area contributed by atoms with Gasteiger partial charge in [0.05, 0.1) is 11.6 Å². The number of hydrogen-bond donors (Lipinski definition) is 1. The van der Waals surface area contributed by atoms with Gasteiger partial charge in [-0.15, -0.1) is 0 Å². The fourth-order valence-electron chi connectivity index (χ4n) is 5.70. The number of urea groups is 1. The predicted molar refractivity (Wildman–Crippen MR) is 141 cm³/mol. The van der Waals surface area contributed by atoms with Crippen molar-refractivity contribution in [2.75, 3.05) is 19.7 Å². The molecule has 39 heavy (non-hydrogen) atoms. The van der Waals surface area contributed by atoms with Crippen molar-refractivity contribution in [1.29, 1.82) is 5.26 Å². The van der Waals surface area contributed by atoms with E-state index in [9.17, 15) is 18.4 Å². The molecule has 2 saturated heterocycles. The van der Waals surface area contributed by atoms with Crippen LogP contribution in [0.3, 0.4) is 0 Å². The molecule has 0 bridgehead atoms. The van der Waals surface area contributed by atoms with E-state index in [0.29, 0.717) is 29.6 Å². The second kappa shape index (κ2) is 12.1. The molecule has 7 nitrogen and oxygen atoms in total. The Hall–Kier alpha value is -3.51. The minimum Gasteiger partial charge on any atom is -0.446 e. The van der Waals surface area contributed by atoms with E-state index in [4.69, 9.17) is 10.00 Å². The van der Waals surface area contributed by atoms with Gasteiger partial charge in [0.15, 0.2) is 11.6 Å². The number of halogens is 2. The first-order chi connectivity index (χ1) is 18.9. The van der Waals surface area contributed by atoms with Gasteiger partial charge in [-0.3, -0.25) is 4.90 Å². The number of ether oxygens (including phenoxy) is 1. The van der Waals surface area contributed by atoms with E-state index in [1.54, 1.807) is 0 Å². The zero-order valence-corrected chi connectivity index (χ0v) is 22.0. The average Bonchev–Trinajstić information content (AvgIpc) is 3.69. The van der Waals surface area contributed by atoms with Crippen molar-refractivity contribution in [3.63, 3.8) is 0 Å². The number of nitrogens with zero attached hydrogens (tertiary/aromatic N) is 3. The van der Waals surface area contributed by atoms with Crippen molar-refractivity contribution in [2.24, 2.45) is 0 Å². The van der Waals surface area contributed by atoms with Crippen LogP contribution in [0.5, 0.6) is 0 Å². The van der Waals surface area contributed by atoms with Crippen LogP contribution in [0, 0.1) is 23.0 Å². The van der Waals surface area contributed by atoms with Crippen molar-refractivity contribution in [3.05, 3.63) is 70.8 Å². The van der Waals surface area contributed by atoms with Gasteiger partial charge in [0.25, 0.3) is 0 Å². The zero-order chi connectivity index (χ0) is 27.4. The van der Waals surface area contributed by atoms with Gasteiger partial charge in [0.2, 0.25) is 0 Å². The number of nitriles is 1. The SMILES string of the molecule is C1CC1.N#Cc1ccc(C2CCC(N3CCC(NC(=O)N4C(=O)OCC4c4ccc(F)c(F)c4)C3)CC2)cc1. The molecule has 3 amide bonds. The van der Waals surface area contributed by atoms with Crippen LogP contribution in [0.25, 0.3) is 0 Å². The minimum absolute atomic E-state index is 0.101. The molecule has 6 rings (SSSR count). The maximum atomic E-state index is 13.7. The van der Waals surface area contributed by atoms with Gasteiger partial charge >= 0.3 is 12.1 Å². The Labute approximate surface area is 227 Å². The highest BCUT2D eigenvalue weighted by Gasteiger charge is 2.41. The number of carbonyl (C=O) groups is 2. The standard InChI is InChI=1S/C27H28F2N4O3.C3H6/c28-23-10-7-20(13-24(23)29)25-16-36-27(35)33(25)26(34)31-21-11-12-32(15-21)22-8-5-19(6-9-22)18-3-1-17(14-30)2-4-18;1-2-3-1/h1-4,7,10,13,19,21-22,25H,5-6,8-9,11-12,15-16H2,(H,31,34);1-3H2. The highest BCUT2D eigenvalue weighted by molar-refractivity contribution is 5.92. The number of nitrogens with one attached hydrogen (secondary N) is 1. The molecule has 2 atom stereocenters. The van der Waals surface area contributed by atoms with E-state index in [2.05, 4.69) is 28.4 Å². The molecule has 0 spiro atoms. The molecular formula is C30H34F2N4O3. The molecule has 0 aromatic heterocycles. The summed E-state index contributed by atoms with van der Waals surface area (Å²) in [6.45, 7) is 1.47. The maximum Gasteiger partial charge on any atom is 0.418 e. The van der Waals surface area contributed by atoms with Crippen LogP contribution < -0.4 is 5.32 Å². The van der Waals surface area contributed by atoms with E-state index in [1.165, 1.54) is 30.9 Å². The van der Waals surface area contributed by atoms with E-state index < -0.39 is 29.8 Å². The van der Waals surface area contributed by atoms with Gasteiger partial charge in [-0.1, -0.05) is 37.5 Å². The third-order valence-corrected chi connectivity index (χ3v) is 8.05.